The predicted molar refractivity (Wildman–Crippen MR) is 65.4 cm³/mol. The maximum absolute atomic E-state index is 11.6. The van der Waals surface area contributed by atoms with Gasteiger partial charge < -0.3 is 9.30 Å². The van der Waals surface area contributed by atoms with Gasteiger partial charge in [-0.25, -0.2) is 4.98 Å². The highest BCUT2D eigenvalue weighted by atomic mass is 16.5. The summed E-state index contributed by atoms with van der Waals surface area (Å²) in [6.45, 7) is 5.96. The fourth-order valence-corrected chi connectivity index (χ4v) is 1.80. The topological polar surface area (TPSA) is 56.1 Å². The van der Waals surface area contributed by atoms with Crippen molar-refractivity contribution in [2.24, 2.45) is 13.0 Å². The van der Waals surface area contributed by atoms with E-state index in [0.29, 0.717) is 0 Å². The maximum Gasteiger partial charge on any atom is 0.323 e. The van der Waals surface area contributed by atoms with Crippen LogP contribution in [0.4, 0.5) is 0 Å². The Morgan fingerprint density at radius 2 is 2.12 bits per heavy atom. The molecule has 0 saturated heterocycles. The van der Waals surface area contributed by atoms with Gasteiger partial charge in [0.25, 0.3) is 0 Å². The minimum Gasteiger partial charge on any atom is -0.468 e. The van der Waals surface area contributed by atoms with E-state index in [-0.39, 0.29) is 24.0 Å². The van der Waals surface area contributed by atoms with Crippen molar-refractivity contribution in [2.45, 2.75) is 32.9 Å². The van der Waals surface area contributed by atoms with Crippen molar-refractivity contribution < 1.29 is 9.53 Å². The van der Waals surface area contributed by atoms with E-state index >= 15 is 0 Å². The first kappa shape index (κ1) is 13.7. The number of rotatable bonds is 5. The van der Waals surface area contributed by atoms with Crippen LogP contribution in [-0.2, 0) is 16.6 Å². The molecular formula is C12H21N3O2. The van der Waals surface area contributed by atoms with Crippen LogP contribution in [0.2, 0.25) is 0 Å². The largest absolute Gasteiger partial charge is 0.468 e. The number of ether oxygens (including phenoxy) is 1. The second kappa shape index (κ2) is 5.82. The molecule has 0 bridgehead atoms. The molecule has 0 amide bonds. The van der Waals surface area contributed by atoms with E-state index in [1.54, 1.807) is 6.20 Å². The van der Waals surface area contributed by atoms with E-state index < -0.39 is 0 Å². The summed E-state index contributed by atoms with van der Waals surface area (Å²) < 4.78 is 6.73. The Morgan fingerprint density at radius 1 is 1.47 bits per heavy atom. The second-order valence-electron chi connectivity index (χ2n) is 4.53. The molecule has 0 aromatic carbocycles. The van der Waals surface area contributed by atoms with E-state index in [0.717, 1.165) is 5.82 Å². The van der Waals surface area contributed by atoms with Crippen LogP contribution in [0.1, 0.15) is 32.6 Å². The highest BCUT2D eigenvalue weighted by molar-refractivity contribution is 5.75. The Bertz CT molecular complexity index is 374. The second-order valence-corrected chi connectivity index (χ2v) is 4.53. The van der Waals surface area contributed by atoms with Crippen molar-refractivity contribution in [3.63, 3.8) is 0 Å². The van der Waals surface area contributed by atoms with Gasteiger partial charge in [-0.15, -0.1) is 0 Å². The highest BCUT2D eigenvalue weighted by Crippen LogP contribution is 2.13. The lowest BCUT2D eigenvalue weighted by atomic mass is 10.0. The minimum absolute atomic E-state index is 0.00139. The molecule has 0 fully saturated rings. The molecular weight excluding hydrogens is 218 g/mol. The first-order chi connectivity index (χ1) is 7.97. The lowest BCUT2D eigenvalue weighted by molar-refractivity contribution is -0.144. The number of nitrogens with one attached hydrogen (secondary N) is 1. The predicted octanol–water partition coefficient (Wildman–Crippen LogP) is 1.27. The summed E-state index contributed by atoms with van der Waals surface area (Å²) in [5, 5.41) is 3.25. The fourth-order valence-electron chi connectivity index (χ4n) is 1.80. The van der Waals surface area contributed by atoms with Gasteiger partial charge in [0.05, 0.1) is 13.2 Å². The summed E-state index contributed by atoms with van der Waals surface area (Å²) in [5.74, 6) is 0.839. The molecule has 1 N–H and O–H groups in total. The quantitative estimate of drug-likeness (QED) is 0.786. The average molecular weight is 239 g/mol. The molecule has 0 radical (unpaired) electrons. The fraction of sp³-hybridized carbons (Fsp3) is 0.667. The standard InChI is InChI=1S/C12H21N3O2/c1-8(2)10(12(16)17-5)14-9(3)11-13-6-7-15(11)4/h6-10,14H,1-5H3/t9?,10-/m1/s1. The number of carbonyl (C=O) groups excluding carboxylic acids is 1. The van der Waals surface area contributed by atoms with Crippen LogP contribution in [0.15, 0.2) is 12.4 Å². The zero-order chi connectivity index (χ0) is 13.0. The van der Waals surface area contributed by atoms with Crippen molar-refractivity contribution in [1.82, 2.24) is 14.9 Å². The number of aromatic nitrogens is 2. The van der Waals surface area contributed by atoms with Crippen LogP contribution in [0.25, 0.3) is 0 Å². The normalized spacial score (nSPS) is 14.7. The number of aryl methyl sites for hydroxylation is 1. The molecule has 0 aliphatic heterocycles. The van der Waals surface area contributed by atoms with Crippen LogP contribution >= 0.6 is 0 Å². The van der Waals surface area contributed by atoms with Crippen LogP contribution in [-0.4, -0.2) is 28.7 Å². The monoisotopic (exact) mass is 239 g/mol. The zero-order valence-corrected chi connectivity index (χ0v) is 11.1. The molecule has 1 aromatic heterocycles. The smallest absolute Gasteiger partial charge is 0.323 e. The molecule has 0 aliphatic carbocycles. The maximum atomic E-state index is 11.6. The molecule has 0 aliphatic rings. The summed E-state index contributed by atoms with van der Waals surface area (Å²) in [5.41, 5.74) is 0. The number of methoxy groups -OCH3 is 1. The lowest BCUT2D eigenvalue weighted by Gasteiger charge is -2.24. The number of hydrogen-bond acceptors (Lipinski definition) is 4. The van der Waals surface area contributed by atoms with Gasteiger partial charge in [-0.2, -0.15) is 0 Å². The van der Waals surface area contributed by atoms with E-state index in [2.05, 4.69) is 10.3 Å². The Balaban J connectivity index is 2.74. The summed E-state index contributed by atoms with van der Waals surface area (Å²) in [6, 6.07) is -0.312. The van der Waals surface area contributed by atoms with Crippen LogP contribution < -0.4 is 5.32 Å². The van der Waals surface area contributed by atoms with Crippen molar-refractivity contribution >= 4 is 5.97 Å². The Morgan fingerprint density at radius 3 is 2.53 bits per heavy atom. The van der Waals surface area contributed by atoms with Gasteiger partial charge >= 0.3 is 5.97 Å². The van der Waals surface area contributed by atoms with Crippen molar-refractivity contribution in [2.75, 3.05) is 7.11 Å². The van der Waals surface area contributed by atoms with Crippen molar-refractivity contribution in [3.8, 4) is 0 Å². The summed E-state index contributed by atoms with van der Waals surface area (Å²) in [7, 11) is 3.34. The van der Waals surface area contributed by atoms with Gasteiger partial charge in [0.2, 0.25) is 0 Å². The third-order valence-corrected chi connectivity index (χ3v) is 2.80. The molecule has 1 aromatic rings. The molecule has 1 heterocycles. The van der Waals surface area contributed by atoms with E-state index in [1.807, 2.05) is 38.6 Å². The summed E-state index contributed by atoms with van der Waals surface area (Å²) in [4.78, 5) is 15.9. The van der Waals surface area contributed by atoms with Crippen molar-refractivity contribution in [3.05, 3.63) is 18.2 Å². The molecule has 5 nitrogen and oxygen atoms in total. The number of carbonyl (C=O) groups is 1. The van der Waals surface area contributed by atoms with Gasteiger partial charge in [0, 0.05) is 19.4 Å². The van der Waals surface area contributed by atoms with Crippen LogP contribution in [0.5, 0.6) is 0 Å². The van der Waals surface area contributed by atoms with Crippen LogP contribution in [0, 0.1) is 5.92 Å². The van der Waals surface area contributed by atoms with Crippen molar-refractivity contribution in [1.29, 1.82) is 0 Å². The number of imidazole rings is 1. The van der Waals surface area contributed by atoms with Gasteiger partial charge in [-0.3, -0.25) is 10.1 Å². The third kappa shape index (κ3) is 3.30. The number of nitrogens with zero attached hydrogens (tertiary/aromatic N) is 2. The Labute approximate surface area is 102 Å². The van der Waals surface area contributed by atoms with E-state index in [4.69, 9.17) is 4.74 Å². The molecule has 96 valence electrons. The number of hydrogen-bond donors (Lipinski definition) is 1. The molecule has 1 rings (SSSR count). The highest BCUT2D eigenvalue weighted by Gasteiger charge is 2.25. The number of esters is 1. The molecule has 1 unspecified atom stereocenters. The summed E-state index contributed by atoms with van der Waals surface area (Å²) in [6.07, 6.45) is 3.63. The first-order valence-corrected chi connectivity index (χ1v) is 5.78. The molecule has 5 heteroatoms. The first-order valence-electron chi connectivity index (χ1n) is 5.78. The van der Waals surface area contributed by atoms with E-state index in [1.165, 1.54) is 7.11 Å². The summed E-state index contributed by atoms with van der Waals surface area (Å²) >= 11 is 0. The molecule has 2 atom stereocenters. The SMILES string of the molecule is COC(=O)[C@H](NC(C)c1nccn1C)C(C)C. The molecule has 0 saturated carbocycles. The lowest BCUT2D eigenvalue weighted by Crippen LogP contribution is -2.43. The molecule has 17 heavy (non-hydrogen) atoms. The Kier molecular flexibility index (Phi) is 4.69. The van der Waals surface area contributed by atoms with E-state index in [9.17, 15) is 4.79 Å². The van der Waals surface area contributed by atoms with Gasteiger partial charge in [-0.05, 0) is 12.8 Å². The third-order valence-electron chi connectivity index (χ3n) is 2.80. The van der Waals surface area contributed by atoms with Gasteiger partial charge in [0.1, 0.15) is 11.9 Å². The Hall–Kier alpha value is -1.36. The zero-order valence-electron chi connectivity index (χ0n) is 11.1. The van der Waals surface area contributed by atoms with Gasteiger partial charge in [-0.1, -0.05) is 13.8 Å². The van der Waals surface area contributed by atoms with Crippen LogP contribution in [0.3, 0.4) is 0 Å². The molecule has 0 spiro atoms. The van der Waals surface area contributed by atoms with Gasteiger partial charge in [0.15, 0.2) is 0 Å². The minimum atomic E-state index is -0.313. The average Bonchev–Trinajstić information content (AvgIpc) is 2.70.